The zero-order chi connectivity index (χ0) is 30.9. The SMILES string of the molecule is C=C1C(N2CCOCC2)CC2[C@](C)(CC[C@@H](O)[C@@]2(C)CO)C1C=CC1=CC(=C(C(=O)OCC)c2cnc(N)nc2)OC1=O. The fraction of sp³-hybridized carbons (Fsp3) is 0.562. The molecule has 4 aliphatic rings. The van der Waals surface area contributed by atoms with Crippen LogP contribution < -0.4 is 5.73 Å². The summed E-state index contributed by atoms with van der Waals surface area (Å²) < 4.78 is 16.4. The first-order valence-corrected chi connectivity index (χ1v) is 14.9. The number of rotatable bonds is 7. The number of allylic oxidation sites excluding steroid dienone is 2. The number of carbonyl (C=O) groups is 2. The van der Waals surface area contributed by atoms with E-state index < -0.39 is 23.5 Å². The number of nitrogens with two attached hydrogens (primary N) is 1. The van der Waals surface area contributed by atoms with Crippen LogP contribution in [0.2, 0.25) is 0 Å². The number of anilines is 1. The number of aliphatic hydroxyl groups excluding tert-OH is 2. The van der Waals surface area contributed by atoms with E-state index in [-0.39, 0.29) is 59.4 Å². The van der Waals surface area contributed by atoms with Crippen LogP contribution in [0.1, 0.15) is 45.6 Å². The highest BCUT2D eigenvalue weighted by Gasteiger charge is 2.59. The number of nitrogen functional groups attached to an aromatic ring is 1. The van der Waals surface area contributed by atoms with E-state index in [1.165, 1.54) is 18.5 Å². The predicted molar refractivity (Wildman–Crippen MR) is 159 cm³/mol. The lowest BCUT2D eigenvalue weighted by molar-refractivity contribution is -0.156. The van der Waals surface area contributed by atoms with Crippen molar-refractivity contribution in [2.45, 2.75) is 52.2 Å². The Kier molecular flexibility index (Phi) is 8.89. The van der Waals surface area contributed by atoms with Gasteiger partial charge in [0.2, 0.25) is 5.95 Å². The Morgan fingerprint density at radius 2 is 1.98 bits per heavy atom. The van der Waals surface area contributed by atoms with Crippen LogP contribution in [0, 0.1) is 22.7 Å². The zero-order valence-electron chi connectivity index (χ0n) is 25.1. The van der Waals surface area contributed by atoms with Crippen LogP contribution >= 0.6 is 0 Å². The molecular weight excluding hydrogens is 552 g/mol. The van der Waals surface area contributed by atoms with Crippen LogP contribution in [-0.2, 0) is 23.8 Å². The van der Waals surface area contributed by atoms with Gasteiger partial charge in [-0.1, -0.05) is 38.2 Å². The van der Waals surface area contributed by atoms with Crippen molar-refractivity contribution >= 4 is 23.5 Å². The Morgan fingerprint density at radius 3 is 2.63 bits per heavy atom. The van der Waals surface area contributed by atoms with Gasteiger partial charge in [0.1, 0.15) is 11.3 Å². The molecule has 6 atom stereocenters. The Labute approximate surface area is 252 Å². The number of hydrogen-bond donors (Lipinski definition) is 3. The quantitative estimate of drug-likeness (QED) is 0.242. The molecule has 3 fully saturated rings. The highest BCUT2D eigenvalue weighted by Crippen LogP contribution is 2.62. The van der Waals surface area contributed by atoms with Crippen LogP contribution in [-0.4, -0.2) is 88.7 Å². The smallest absolute Gasteiger partial charge is 0.343 e. The largest absolute Gasteiger partial charge is 0.462 e. The molecule has 4 N–H and O–H groups in total. The standard InChI is InChI=1S/C32H42N4O7/c1-5-42-29(40)27(21-16-34-30(33)35-17-21)24-14-20(28(39)43-24)6-7-22-19(2)23(36-10-12-41-13-11-36)15-25-31(22,3)9-8-26(38)32(25,4)18-37/h6-7,14,16-17,22-23,25-26,37-38H,2,5,8-13,15,18H2,1,3-4H3,(H2,33,34,35)/t22?,23?,25?,26-,31-,32+/m1/s1. The van der Waals surface area contributed by atoms with Crippen molar-refractivity contribution in [3.05, 3.63) is 59.7 Å². The Balaban J connectivity index is 1.53. The topological polar surface area (TPSA) is 157 Å². The lowest BCUT2D eigenvalue weighted by Crippen LogP contribution is -2.61. The number of aromatic nitrogens is 2. The maximum Gasteiger partial charge on any atom is 0.343 e. The molecule has 0 radical (unpaired) electrons. The number of morpholine rings is 1. The molecule has 3 unspecified atom stereocenters. The number of cyclic esters (lactones) is 1. The van der Waals surface area contributed by atoms with Gasteiger partial charge >= 0.3 is 11.9 Å². The molecule has 2 aliphatic carbocycles. The van der Waals surface area contributed by atoms with Gasteiger partial charge in [0.15, 0.2) is 0 Å². The summed E-state index contributed by atoms with van der Waals surface area (Å²) >= 11 is 0. The van der Waals surface area contributed by atoms with E-state index in [1.54, 1.807) is 13.0 Å². The summed E-state index contributed by atoms with van der Waals surface area (Å²) in [6.45, 7) is 13.3. The Bertz CT molecular complexity index is 1350. The van der Waals surface area contributed by atoms with E-state index in [2.05, 4.69) is 28.4 Å². The number of hydrogen-bond acceptors (Lipinski definition) is 11. The summed E-state index contributed by atoms with van der Waals surface area (Å²) in [5.41, 5.74) is 6.29. The fourth-order valence-corrected chi connectivity index (χ4v) is 7.54. The summed E-state index contributed by atoms with van der Waals surface area (Å²) in [6, 6.07) is 0.0358. The van der Waals surface area contributed by atoms with Gasteiger partial charge in [0, 0.05) is 48.4 Å². The van der Waals surface area contributed by atoms with Gasteiger partial charge in [-0.2, -0.15) is 0 Å². The summed E-state index contributed by atoms with van der Waals surface area (Å²) in [5.74, 6) is -1.33. The van der Waals surface area contributed by atoms with E-state index in [9.17, 15) is 19.8 Å². The molecule has 0 aromatic carbocycles. The molecule has 0 bridgehead atoms. The first-order valence-electron chi connectivity index (χ1n) is 14.9. The van der Waals surface area contributed by atoms with Crippen LogP contribution in [0.4, 0.5) is 5.95 Å². The number of nitrogens with zero attached hydrogens (tertiary/aromatic N) is 3. The average molecular weight is 595 g/mol. The zero-order valence-corrected chi connectivity index (χ0v) is 25.1. The molecule has 3 heterocycles. The third kappa shape index (κ3) is 5.66. The normalized spacial score (nSPS) is 34.5. The third-order valence-corrected chi connectivity index (χ3v) is 10.0. The van der Waals surface area contributed by atoms with Gasteiger partial charge in [0.25, 0.3) is 0 Å². The molecule has 1 saturated heterocycles. The van der Waals surface area contributed by atoms with Gasteiger partial charge in [-0.25, -0.2) is 19.6 Å². The van der Waals surface area contributed by atoms with Crippen LogP contribution in [0.5, 0.6) is 0 Å². The van der Waals surface area contributed by atoms with Gasteiger partial charge in [-0.05, 0) is 43.6 Å². The molecule has 0 amide bonds. The molecule has 11 heteroatoms. The summed E-state index contributed by atoms with van der Waals surface area (Å²) in [5, 5.41) is 21.6. The van der Waals surface area contributed by atoms with Crippen molar-refractivity contribution in [2.24, 2.45) is 22.7 Å². The van der Waals surface area contributed by atoms with E-state index in [4.69, 9.17) is 19.9 Å². The lowest BCUT2D eigenvalue weighted by Gasteiger charge is -2.62. The first-order chi connectivity index (χ1) is 20.5. The van der Waals surface area contributed by atoms with E-state index >= 15 is 0 Å². The molecule has 5 rings (SSSR count). The maximum atomic E-state index is 13.1. The van der Waals surface area contributed by atoms with Gasteiger partial charge in [0.05, 0.1) is 38.1 Å². The van der Waals surface area contributed by atoms with Gasteiger partial charge < -0.3 is 30.2 Å². The highest BCUT2D eigenvalue weighted by molar-refractivity contribution is 6.18. The van der Waals surface area contributed by atoms with Crippen molar-refractivity contribution in [1.82, 2.24) is 14.9 Å². The molecule has 1 aromatic heterocycles. The molecule has 2 saturated carbocycles. The lowest BCUT2D eigenvalue weighted by atomic mass is 9.45. The highest BCUT2D eigenvalue weighted by atomic mass is 16.6. The van der Waals surface area contributed by atoms with Gasteiger partial charge in [-0.15, -0.1) is 0 Å². The van der Waals surface area contributed by atoms with Crippen molar-refractivity contribution in [3.8, 4) is 0 Å². The second kappa shape index (κ2) is 12.3. The molecule has 43 heavy (non-hydrogen) atoms. The minimum absolute atomic E-state index is 0.00245. The van der Waals surface area contributed by atoms with Crippen molar-refractivity contribution in [3.63, 3.8) is 0 Å². The van der Waals surface area contributed by atoms with Crippen LogP contribution in [0.25, 0.3) is 5.57 Å². The van der Waals surface area contributed by atoms with Crippen LogP contribution in [0.3, 0.4) is 0 Å². The monoisotopic (exact) mass is 594 g/mol. The van der Waals surface area contributed by atoms with E-state index in [1.807, 2.05) is 13.0 Å². The molecule has 0 spiro atoms. The Hall–Kier alpha value is -3.38. The number of fused-ring (bicyclic) bond motifs is 1. The van der Waals surface area contributed by atoms with Crippen molar-refractivity contribution in [1.29, 1.82) is 0 Å². The minimum Gasteiger partial charge on any atom is -0.462 e. The van der Waals surface area contributed by atoms with Crippen LogP contribution in [0.15, 0.2) is 54.1 Å². The summed E-state index contributed by atoms with van der Waals surface area (Å²) in [6.07, 6.45) is 9.49. The fourth-order valence-electron chi connectivity index (χ4n) is 7.54. The van der Waals surface area contributed by atoms with Gasteiger partial charge in [-0.3, -0.25) is 4.90 Å². The molecular formula is C32H42N4O7. The van der Waals surface area contributed by atoms with Crippen molar-refractivity contribution < 1.29 is 34.0 Å². The average Bonchev–Trinajstić information content (AvgIpc) is 3.36. The summed E-state index contributed by atoms with van der Waals surface area (Å²) in [7, 11) is 0. The number of aliphatic hydroxyl groups is 2. The minimum atomic E-state index is -0.679. The van der Waals surface area contributed by atoms with E-state index in [0.29, 0.717) is 25.2 Å². The number of esters is 2. The second-order valence-corrected chi connectivity index (χ2v) is 12.4. The molecule has 1 aromatic rings. The number of ether oxygens (including phenoxy) is 3. The number of carbonyl (C=O) groups excluding carboxylic acids is 2. The molecule has 232 valence electrons. The molecule has 2 aliphatic heterocycles. The summed E-state index contributed by atoms with van der Waals surface area (Å²) in [4.78, 5) is 36.3. The Morgan fingerprint density at radius 1 is 1.28 bits per heavy atom. The third-order valence-electron chi connectivity index (χ3n) is 10.0. The predicted octanol–water partition coefficient (Wildman–Crippen LogP) is 2.43. The second-order valence-electron chi connectivity index (χ2n) is 12.4. The van der Waals surface area contributed by atoms with E-state index in [0.717, 1.165) is 31.5 Å². The molecule has 11 nitrogen and oxygen atoms in total. The first kappa shape index (κ1) is 31.1. The maximum absolute atomic E-state index is 13.1. The van der Waals surface area contributed by atoms with Crippen molar-refractivity contribution in [2.75, 3.05) is 45.3 Å².